The van der Waals surface area contributed by atoms with Crippen molar-refractivity contribution in [2.45, 2.75) is 26.4 Å². The zero-order chi connectivity index (χ0) is 15.2. The zero-order valence-corrected chi connectivity index (χ0v) is 12.4. The Labute approximate surface area is 125 Å². The molecule has 0 spiro atoms. The average Bonchev–Trinajstić information content (AvgIpc) is 2.53. The van der Waals surface area contributed by atoms with Crippen molar-refractivity contribution in [2.24, 2.45) is 0 Å². The van der Waals surface area contributed by atoms with Crippen LogP contribution in [-0.2, 0) is 6.61 Å². The number of carbonyl (C=O) groups is 1. The maximum Gasteiger partial charge on any atom is 0.200 e. The quantitative estimate of drug-likeness (QED) is 0.825. The Morgan fingerprint density at radius 3 is 2.48 bits per heavy atom. The van der Waals surface area contributed by atoms with Gasteiger partial charge in [-0.25, -0.2) is 0 Å². The van der Waals surface area contributed by atoms with E-state index in [1.165, 1.54) is 5.56 Å². The summed E-state index contributed by atoms with van der Waals surface area (Å²) in [6.45, 7) is 4.19. The lowest BCUT2D eigenvalue weighted by Gasteiger charge is -2.08. The van der Waals surface area contributed by atoms with Gasteiger partial charge in [0.2, 0.25) is 0 Å². The molecule has 0 aliphatic rings. The number of rotatable bonds is 6. The molecule has 0 aromatic heterocycles. The standard InChI is InChI=1S/C18H20O3/c1-13(2)15-6-8-16(9-7-15)18(20)12-21-17-5-3-4-14(10-17)11-19/h3-10,13,19H,11-12H2,1-2H3. The molecule has 0 saturated carbocycles. The second kappa shape index (κ2) is 7.04. The smallest absolute Gasteiger partial charge is 0.200 e. The van der Waals surface area contributed by atoms with E-state index in [-0.39, 0.29) is 19.0 Å². The number of ether oxygens (including phenoxy) is 1. The van der Waals surface area contributed by atoms with Gasteiger partial charge in [-0.15, -0.1) is 0 Å². The van der Waals surface area contributed by atoms with E-state index in [2.05, 4.69) is 13.8 Å². The van der Waals surface area contributed by atoms with Crippen LogP contribution in [0.15, 0.2) is 48.5 Å². The molecule has 0 aliphatic heterocycles. The van der Waals surface area contributed by atoms with Crippen molar-refractivity contribution in [3.05, 3.63) is 65.2 Å². The van der Waals surface area contributed by atoms with E-state index in [1.54, 1.807) is 24.3 Å². The minimum atomic E-state index is -0.0558. The van der Waals surface area contributed by atoms with Crippen LogP contribution >= 0.6 is 0 Å². The fraction of sp³-hybridized carbons (Fsp3) is 0.278. The predicted octanol–water partition coefficient (Wildman–Crippen LogP) is 3.56. The van der Waals surface area contributed by atoms with Crippen LogP contribution in [0.3, 0.4) is 0 Å². The highest BCUT2D eigenvalue weighted by molar-refractivity contribution is 5.97. The van der Waals surface area contributed by atoms with Gasteiger partial charge in [-0.2, -0.15) is 0 Å². The number of hydrogen-bond acceptors (Lipinski definition) is 3. The summed E-state index contributed by atoms with van der Waals surface area (Å²) in [5.74, 6) is 0.986. The Bertz CT molecular complexity index is 600. The molecule has 0 aliphatic carbocycles. The third-order valence-corrected chi connectivity index (χ3v) is 3.35. The van der Waals surface area contributed by atoms with Crippen molar-refractivity contribution in [1.82, 2.24) is 0 Å². The fourth-order valence-corrected chi connectivity index (χ4v) is 2.02. The molecule has 0 saturated heterocycles. The molecule has 2 aromatic rings. The van der Waals surface area contributed by atoms with Gasteiger partial charge in [-0.1, -0.05) is 50.2 Å². The first kappa shape index (κ1) is 15.3. The van der Waals surface area contributed by atoms with E-state index in [1.807, 2.05) is 24.3 Å². The summed E-state index contributed by atoms with van der Waals surface area (Å²) >= 11 is 0. The summed E-state index contributed by atoms with van der Waals surface area (Å²) in [6, 6.07) is 14.7. The van der Waals surface area contributed by atoms with Crippen LogP contribution in [0.25, 0.3) is 0 Å². The number of carbonyl (C=O) groups excluding carboxylic acids is 1. The first-order chi connectivity index (χ1) is 10.1. The van der Waals surface area contributed by atoms with Gasteiger partial charge in [0.15, 0.2) is 12.4 Å². The summed E-state index contributed by atoms with van der Waals surface area (Å²) in [6.07, 6.45) is 0. The van der Waals surface area contributed by atoms with E-state index in [9.17, 15) is 4.79 Å². The van der Waals surface area contributed by atoms with Gasteiger partial charge in [0, 0.05) is 5.56 Å². The molecule has 110 valence electrons. The van der Waals surface area contributed by atoms with Gasteiger partial charge in [0.25, 0.3) is 0 Å². The van der Waals surface area contributed by atoms with Crippen LogP contribution < -0.4 is 4.74 Å². The van der Waals surface area contributed by atoms with Crippen LogP contribution in [0.4, 0.5) is 0 Å². The third kappa shape index (κ3) is 4.17. The van der Waals surface area contributed by atoms with Crippen LogP contribution in [0.5, 0.6) is 5.75 Å². The normalized spacial score (nSPS) is 10.7. The van der Waals surface area contributed by atoms with E-state index in [0.29, 0.717) is 17.2 Å². The van der Waals surface area contributed by atoms with Gasteiger partial charge in [-0.05, 0) is 29.2 Å². The van der Waals surface area contributed by atoms with Crippen LogP contribution in [0.2, 0.25) is 0 Å². The molecule has 0 heterocycles. The fourth-order valence-electron chi connectivity index (χ4n) is 2.02. The molecule has 0 amide bonds. The van der Waals surface area contributed by atoms with E-state index < -0.39 is 0 Å². The Balaban J connectivity index is 1.97. The second-order valence-corrected chi connectivity index (χ2v) is 5.29. The first-order valence-corrected chi connectivity index (χ1v) is 7.06. The summed E-state index contributed by atoms with van der Waals surface area (Å²) in [7, 11) is 0. The maximum absolute atomic E-state index is 12.1. The topological polar surface area (TPSA) is 46.5 Å². The van der Waals surface area contributed by atoms with E-state index in [4.69, 9.17) is 9.84 Å². The number of hydrogen-bond donors (Lipinski definition) is 1. The number of ketones is 1. The molecule has 3 nitrogen and oxygen atoms in total. The lowest BCUT2D eigenvalue weighted by molar-refractivity contribution is 0.0921. The van der Waals surface area contributed by atoms with Crippen molar-refractivity contribution < 1.29 is 14.6 Å². The highest BCUT2D eigenvalue weighted by Crippen LogP contribution is 2.16. The van der Waals surface area contributed by atoms with Crippen LogP contribution in [0, 0.1) is 0 Å². The van der Waals surface area contributed by atoms with Crippen molar-refractivity contribution in [1.29, 1.82) is 0 Å². The lowest BCUT2D eigenvalue weighted by atomic mass is 10.0. The lowest BCUT2D eigenvalue weighted by Crippen LogP contribution is -2.11. The molecule has 0 atom stereocenters. The van der Waals surface area contributed by atoms with Gasteiger partial charge in [0.1, 0.15) is 5.75 Å². The minimum Gasteiger partial charge on any atom is -0.485 e. The maximum atomic E-state index is 12.1. The minimum absolute atomic E-state index is 0.00406. The van der Waals surface area contributed by atoms with Crippen molar-refractivity contribution in [3.8, 4) is 5.75 Å². The van der Waals surface area contributed by atoms with Crippen molar-refractivity contribution in [3.63, 3.8) is 0 Å². The predicted molar refractivity (Wildman–Crippen MR) is 82.7 cm³/mol. The Hall–Kier alpha value is -2.13. The molecule has 0 radical (unpaired) electrons. The summed E-state index contributed by atoms with van der Waals surface area (Å²) in [5.41, 5.74) is 2.63. The molecular formula is C18H20O3. The zero-order valence-electron chi connectivity index (χ0n) is 12.4. The Morgan fingerprint density at radius 1 is 1.14 bits per heavy atom. The van der Waals surface area contributed by atoms with Gasteiger partial charge < -0.3 is 9.84 Å². The molecule has 0 fully saturated rings. The Kier molecular flexibility index (Phi) is 5.12. The molecule has 0 bridgehead atoms. The molecule has 3 heteroatoms. The molecule has 0 unspecified atom stereocenters. The van der Waals surface area contributed by atoms with E-state index in [0.717, 1.165) is 5.56 Å². The molecule has 2 rings (SSSR count). The van der Waals surface area contributed by atoms with E-state index >= 15 is 0 Å². The number of benzene rings is 2. The SMILES string of the molecule is CC(C)c1ccc(C(=O)COc2cccc(CO)c2)cc1. The third-order valence-electron chi connectivity index (χ3n) is 3.35. The highest BCUT2D eigenvalue weighted by atomic mass is 16.5. The molecule has 21 heavy (non-hydrogen) atoms. The largest absolute Gasteiger partial charge is 0.485 e. The van der Waals surface area contributed by atoms with Gasteiger partial charge in [0.05, 0.1) is 6.61 Å². The average molecular weight is 284 g/mol. The summed E-state index contributed by atoms with van der Waals surface area (Å²) in [5, 5.41) is 9.07. The second-order valence-electron chi connectivity index (χ2n) is 5.29. The highest BCUT2D eigenvalue weighted by Gasteiger charge is 2.08. The Morgan fingerprint density at radius 2 is 1.86 bits per heavy atom. The van der Waals surface area contributed by atoms with Crippen LogP contribution in [0.1, 0.15) is 41.3 Å². The van der Waals surface area contributed by atoms with Crippen molar-refractivity contribution in [2.75, 3.05) is 6.61 Å². The number of aliphatic hydroxyl groups excluding tert-OH is 1. The number of aliphatic hydroxyl groups is 1. The van der Waals surface area contributed by atoms with Crippen molar-refractivity contribution >= 4 is 5.78 Å². The first-order valence-electron chi connectivity index (χ1n) is 7.06. The molecule has 2 aromatic carbocycles. The van der Waals surface area contributed by atoms with Gasteiger partial charge in [-0.3, -0.25) is 4.79 Å². The molecule has 1 N–H and O–H groups in total. The number of Topliss-reactive ketones (excluding diaryl/α,β-unsaturated/α-hetero) is 1. The van der Waals surface area contributed by atoms with Crippen LogP contribution in [-0.4, -0.2) is 17.5 Å². The van der Waals surface area contributed by atoms with Gasteiger partial charge >= 0.3 is 0 Å². The molecular weight excluding hydrogens is 264 g/mol. The summed E-state index contributed by atoms with van der Waals surface area (Å²) < 4.78 is 5.48. The summed E-state index contributed by atoms with van der Waals surface area (Å²) in [4.78, 5) is 12.1. The monoisotopic (exact) mass is 284 g/mol.